The number of aliphatic hydroxyl groups excluding tert-OH is 1. The van der Waals surface area contributed by atoms with Gasteiger partial charge in [0.1, 0.15) is 12.4 Å². The zero-order valence-electron chi connectivity index (χ0n) is 15.9. The van der Waals surface area contributed by atoms with Crippen LogP contribution in [0.15, 0.2) is 58.6 Å². The fraction of sp³-hybridized carbons (Fsp3) is 0.227. The molecule has 2 rings (SSSR count). The highest BCUT2D eigenvalue weighted by molar-refractivity contribution is 9.10. The number of allylic oxidation sites excluding steroid dienone is 2. The Morgan fingerprint density at radius 2 is 1.89 bits per heavy atom. The van der Waals surface area contributed by atoms with E-state index in [1.54, 1.807) is 17.6 Å². The molecule has 0 saturated carbocycles. The lowest BCUT2D eigenvalue weighted by Gasteiger charge is -2.17. The number of hydroxylamine groups is 1. The third kappa shape index (κ3) is 6.34. The number of nitrogens with one attached hydrogen (secondary N) is 1. The Morgan fingerprint density at radius 1 is 1.18 bits per heavy atom. The van der Waals surface area contributed by atoms with Gasteiger partial charge < -0.3 is 9.84 Å². The molecule has 28 heavy (non-hydrogen) atoms. The molecular weight excluding hydrogens is 422 g/mol. The molecule has 2 aromatic rings. The molecule has 5 nitrogen and oxygen atoms in total. The molecule has 0 aromatic heterocycles. The summed E-state index contributed by atoms with van der Waals surface area (Å²) in [5, 5.41) is 18.5. The Balaban J connectivity index is 2.44. The van der Waals surface area contributed by atoms with Gasteiger partial charge in [0.2, 0.25) is 0 Å². The highest BCUT2D eigenvalue weighted by Gasteiger charge is 2.13. The van der Waals surface area contributed by atoms with Crippen molar-refractivity contribution >= 4 is 27.9 Å². The lowest BCUT2D eigenvalue weighted by atomic mass is 9.98. The van der Waals surface area contributed by atoms with E-state index in [1.807, 2.05) is 44.2 Å². The molecule has 0 bridgehead atoms. The second kappa shape index (κ2) is 10.8. The van der Waals surface area contributed by atoms with E-state index >= 15 is 0 Å². The van der Waals surface area contributed by atoms with Crippen LogP contribution in [0.5, 0.6) is 5.75 Å². The van der Waals surface area contributed by atoms with Crippen LogP contribution in [-0.4, -0.2) is 16.2 Å². The van der Waals surface area contributed by atoms with Crippen molar-refractivity contribution < 1.29 is 19.8 Å². The van der Waals surface area contributed by atoms with Crippen LogP contribution in [0, 0.1) is 0 Å². The van der Waals surface area contributed by atoms with E-state index in [9.17, 15) is 9.90 Å². The maximum Gasteiger partial charge on any atom is 0.267 e. The number of halogens is 1. The summed E-state index contributed by atoms with van der Waals surface area (Å²) in [7, 11) is 0. The van der Waals surface area contributed by atoms with Gasteiger partial charge in [-0.3, -0.25) is 10.0 Å². The molecule has 0 aliphatic heterocycles. The Hall–Kier alpha value is -2.41. The number of amides is 1. The summed E-state index contributed by atoms with van der Waals surface area (Å²) >= 11 is 3.42. The minimum atomic E-state index is -0.629. The molecule has 2 aromatic carbocycles. The molecule has 0 aliphatic rings. The van der Waals surface area contributed by atoms with Gasteiger partial charge in [-0.05, 0) is 49.6 Å². The third-order valence-corrected chi connectivity index (χ3v) is 4.62. The largest absolute Gasteiger partial charge is 0.488 e. The average molecular weight is 446 g/mol. The summed E-state index contributed by atoms with van der Waals surface area (Å²) < 4.78 is 7.12. The molecule has 0 aliphatic carbocycles. The zero-order chi connectivity index (χ0) is 20.5. The lowest BCUT2D eigenvalue weighted by Crippen LogP contribution is -2.14. The standard InChI is InChI=1S/C22H24BrNO4/c1-15(2)3-11-20-18(13-25)7-6-17(8-12-21(26)24-27)22(20)28-14-16-4-9-19(23)10-5-16/h3-10,12,25,27H,11,13-14H2,1-2H3,(H,24,26)/b12-8-. The molecule has 0 heterocycles. The number of benzene rings is 2. The molecule has 0 unspecified atom stereocenters. The van der Waals surface area contributed by atoms with Gasteiger partial charge in [0.05, 0.1) is 6.61 Å². The highest BCUT2D eigenvalue weighted by Crippen LogP contribution is 2.31. The zero-order valence-corrected chi connectivity index (χ0v) is 17.5. The summed E-state index contributed by atoms with van der Waals surface area (Å²) in [5.74, 6) is -0.0232. The van der Waals surface area contributed by atoms with Crippen LogP contribution in [0.25, 0.3) is 6.08 Å². The molecule has 0 fully saturated rings. The van der Waals surface area contributed by atoms with Crippen molar-refractivity contribution in [2.75, 3.05) is 0 Å². The third-order valence-electron chi connectivity index (χ3n) is 4.09. The molecule has 1 amide bonds. The van der Waals surface area contributed by atoms with E-state index in [1.165, 1.54) is 6.08 Å². The average Bonchev–Trinajstić information content (AvgIpc) is 2.69. The molecule has 148 valence electrons. The molecule has 0 atom stereocenters. The molecule has 0 spiro atoms. The van der Waals surface area contributed by atoms with E-state index in [4.69, 9.17) is 9.94 Å². The maximum absolute atomic E-state index is 11.4. The molecule has 0 saturated heterocycles. The van der Waals surface area contributed by atoms with Crippen molar-refractivity contribution in [1.29, 1.82) is 0 Å². The Kier molecular flexibility index (Phi) is 8.44. The van der Waals surface area contributed by atoms with Gasteiger partial charge in [0.25, 0.3) is 5.91 Å². The minimum absolute atomic E-state index is 0.109. The topological polar surface area (TPSA) is 78.8 Å². The second-order valence-corrected chi connectivity index (χ2v) is 7.41. The van der Waals surface area contributed by atoms with Gasteiger partial charge in [-0.2, -0.15) is 0 Å². The van der Waals surface area contributed by atoms with Crippen LogP contribution in [0.3, 0.4) is 0 Å². The monoisotopic (exact) mass is 445 g/mol. The van der Waals surface area contributed by atoms with Crippen molar-refractivity contribution in [2.45, 2.75) is 33.5 Å². The fourth-order valence-electron chi connectivity index (χ4n) is 2.61. The van der Waals surface area contributed by atoms with Crippen molar-refractivity contribution in [2.24, 2.45) is 0 Å². The number of hydrogen-bond donors (Lipinski definition) is 3. The summed E-state index contributed by atoms with van der Waals surface area (Å²) in [6.07, 6.45) is 5.47. The smallest absolute Gasteiger partial charge is 0.267 e. The summed E-state index contributed by atoms with van der Waals surface area (Å²) in [5.41, 5.74) is 6.05. The fourth-order valence-corrected chi connectivity index (χ4v) is 2.87. The van der Waals surface area contributed by atoms with Crippen LogP contribution >= 0.6 is 15.9 Å². The number of rotatable bonds is 8. The SMILES string of the molecule is CC(C)=CCc1c(CO)ccc(/C=C\C(=O)NO)c1OCc1ccc(Br)cc1. The number of carbonyl (C=O) groups is 1. The predicted octanol–water partition coefficient (Wildman–Crippen LogP) is 4.55. The minimum Gasteiger partial charge on any atom is -0.488 e. The van der Waals surface area contributed by atoms with E-state index < -0.39 is 5.91 Å². The van der Waals surface area contributed by atoms with Crippen LogP contribution in [0.1, 0.15) is 36.1 Å². The van der Waals surface area contributed by atoms with Crippen molar-refractivity contribution in [3.05, 3.63) is 80.8 Å². The molecular formula is C22H24BrNO4. The van der Waals surface area contributed by atoms with E-state index in [2.05, 4.69) is 22.0 Å². The normalized spacial score (nSPS) is 10.8. The van der Waals surface area contributed by atoms with Crippen LogP contribution < -0.4 is 10.2 Å². The van der Waals surface area contributed by atoms with Crippen LogP contribution in [0.4, 0.5) is 0 Å². The number of ether oxygens (including phenoxy) is 1. The Morgan fingerprint density at radius 3 is 2.50 bits per heavy atom. The first-order valence-electron chi connectivity index (χ1n) is 8.83. The quantitative estimate of drug-likeness (QED) is 0.241. The number of hydrogen-bond acceptors (Lipinski definition) is 4. The van der Waals surface area contributed by atoms with E-state index in [-0.39, 0.29) is 6.61 Å². The van der Waals surface area contributed by atoms with Crippen molar-refractivity contribution in [3.8, 4) is 5.75 Å². The summed E-state index contributed by atoms with van der Waals surface area (Å²) in [4.78, 5) is 11.4. The van der Waals surface area contributed by atoms with Gasteiger partial charge >= 0.3 is 0 Å². The molecule has 0 radical (unpaired) electrons. The number of aliphatic hydroxyl groups is 1. The summed E-state index contributed by atoms with van der Waals surface area (Å²) in [6.45, 7) is 4.26. The Bertz CT molecular complexity index is 869. The Labute approximate surface area is 173 Å². The van der Waals surface area contributed by atoms with Crippen LogP contribution in [-0.2, 0) is 24.4 Å². The molecule has 6 heteroatoms. The van der Waals surface area contributed by atoms with Crippen molar-refractivity contribution in [1.82, 2.24) is 5.48 Å². The predicted molar refractivity (Wildman–Crippen MR) is 113 cm³/mol. The van der Waals surface area contributed by atoms with Gasteiger partial charge in [0.15, 0.2) is 0 Å². The van der Waals surface area contributed by atoms with Gasteiger partial charge in [0, 0.05) is 21.7 Å². The first kappa shape index (κ1) is 21.9. The first-order valence-corrected chi connectivity index (χ1v) is 9.62. The van der Waals surface area contributed by atoms with Gasteiger partial charge in [-0.25, -0.2) is 5.48 Å². The van der Waals surface area contributed by atoms with Crippen molar-refractivity contribution in [3.63, 3.8) is 0 Å². The van der Waals surface area contributed by atoms with Gasteiger partial charge in [-0.1, -0.05) is 51.8 Å². The van der Waals surface area contributed by atoms with E-state index in [0.29, 0.717) is 24.3 Å². The van der Waals surface area contributed by atoms with E-state index in [0.717, 1.165) is 26.7 Å². The first-order chi connectivity index (χ1) is 13.4. The highest BCUT2D eigenvalue weighted by atomic mass is 79.9. The molecule has 3 N–H and O–H groups in total. The van der Waals surface area contributed by atoms with Gasteiger partial charge in [-0.15, -0.1) is 0 Å². The summed E-state index contributed by atoms with van der Waals surface area (Å²) in [6, 6.07) is 11.4. The number of carbonyl (C=O) groups excluding carboxylic acids is 1. The lowest BCUT2D eigenvalue weighted by molar-refractivity contribution is -0.124. The van der Waals surface area contributed by atoms with Crippen LogP contribution in [0.2, 0.25) is 0 Å². The second-order valence-electron chi connectivity index (χ2n) is 6.49. The maximum atomic E-state index is 11.4.